The summed E-state index contributed by atoms with van der Waals surface area (Å²) in [5, 5.41) is 0. The van der Waals surface area contributed by atoms with Gasteiger partial charge < -0.3 is 9.64 Å². The number of hydrogen-bond acceptors (Lipinski definition) is 5. The predicted octanol–water partition coefficient (Wildman–Crippen LogP) is 3.41. The summed E-state index contributed by atoms with van der Waals surface area (Å²) in [5.74, 6) is 2.32. The second-order valence-corrected chi connectivity index (χ2v) is 10.1. The van der Waals surface area contributed by atoms with Gasteiger partial charge in [-0.25, -0.2) is 0 Å². The van der Waals surface area contributed by atoms with Crippen LogP contribution in [0.5, 0.6) is 5.75 Å². The Balaban J connectivity index is 0.980. The van der Waals surface area contributed by atoms with Crippen molar-refractivity contribution in [3.8, 4) is 5.75 Å². The number of amides is 2. The molecular weight excluding hydrogens is 402 g/mol. The number of carbonyl (C=O) groups is 2. The number of piperazine rings is 1. The number of likely N-dealkylation sites (tertiary alicyclic amines) is 1. The van der Waals surface area contributed by atoms with Crippen LogP contribution < -0.4 is 9.64 Å². The van der Waals surface area contributed by atoms with Crippen molar-refractivity contribution >= 4 is 17.5 Å². The van der Waals surface area contributed by atoms with Crippen LogP contribution in [0.25, 0.3) is 0 Å². The fourth-order valence-corrected chi connectivity index (χ4v) is 6.75. The number of unbranched alkanes of at least 4 members (excludes halogenated alkanes) is 3. The van der Waals surface area contributed by atoms with Crippen molar-refractivity contribution in [1.29, 1.82) is 0 Å². The minimum atomic E-state index is 0.0378. The third-order valence-electron chi connectivity index (χ3n) is 8.42. The molecule has 2 aliphatic heterocycles. The molecule has 5 rings (SSSR count). The first-order valence-electron chi connectivity index (χ1n) is 12.6. The van der Waals surface area contributed by atoms with E-state index in [2.05, 4.69) is 21.9 Å². The third kappa shape index (κ3) is 4.02. The molecule has 2 saturated carbocycles. The number of anilines is 1. The summed E-state index contributed by atoms with van der Waals surface area (Å²) in [6.07, 6.45) is 7.84. The van der Waals surface area contributed by atoms with Gasteiger partial charge in [-0.05, 0) is 62.6 Å². The number of rotatable bonds is 9. The smallest absolute Gasteiger partial charge is 0.233 e. The van der Waals surface area contributed by atoms with Gasteiger partial charge >= 0.3 is 0 Å². The van der Waals surface area contributed by atoms with Gasteiger partial charge in [0.15, 0.2) is 0 Å². The van der Waals surface area contributed by atoms with E-state index in [9.17, 15) is 9.59 Å². The van der Waals surface area contributed by atoms with Crippen LogP contribution in [0.4, 0.5) is 5.69 Å². The second-order valence-electron chi connectivity index (χ2n) is 10.1. The summed E-state index contributed by atoms with van der Waals surface area (Å²) in [4.78, 5) is 32.1. The van der Waals surface area contributed by atoms with Crippen molar-refractivity contribution in [1.82, 2.24) is 9.80 Å². The summed E-state index contributed by atoms with van der Waals surface area (Å²) in [6, 6.07) is 8.26. The lowest BCUT2D eigenvalue weighted by Crippen LogP contribution is -2.46. The van der Waals surface area contributed by atoms with Crippen LogP contribution in [-0.4, -0.2) is 68.0 Å². The van der Waals surface area contributed by atoms with E-state index in [4.69, 9.17) is 4.74 Å². The lowest BCUT2D eigenvalue weighted by molar-refractivity contribution is -0.140. The van der Waals surface area contributed by atoms with Gasteiger partial charge in [0.2, 0.25) is 11.8 Å². The Morgan fingerprint density at radius 2 is 1.47 bits per heavy atom. The zero-order valence-corrected chi connectivity index (χ0v) is 19.4. The van der Waals surface area contributed by atoms with Gasteiger partial charge in [0.1, 0.15) is 5.75 Å². The molecule has 2 amide bonds. The topological polar surface area (TPSA) is 53.1 Å². The van der Waals surface area contributed by atoms with Crippen LogP contribution in [0, 0.1) is 23.7 Å². The average molecular weight is 440 g/mol. The number of para-hydroxylation sites is 2. The third-order valence-corrected chi connectivity index (χ3v) is 8.42. The maximum absolute atomic E-state index is 12.8. The lowest BCUT2D eigenvalue weighted by Gasteiger charge is -2.36. The Morgan fingerprint density at radius 3 is 2.12 bits per heavy atom. The van der Waals surface area contributed by atoms with Gasteiger partial charge in [0.25, 0.3) is 0 Å². The average Bonchev–Trinajstić information content (AvgIpc) is 3.51. The van der Waals surface area contributed by atoms with Gasteiger partial charge in [-0.2, -0.15) is 0 Å². The SMILES string of the molecule is COc1ccccc1N1CCN(CCCCCCN2C(=O)[C@@H]3[C@H]4CC[C@H](C4)[C@@H]3C2=O)CC1. The number of ether oxygens (including phenoxy) is 1. The number of nitrogens with zero attached hydrogens (tertiary/aromatic N) is 3. The second kappa shape index (κ2) is 9.42. The molecule has 6 heteroatoms. The van der Waals surface area contributed by atoms with Gasteiger partial charge in [-0.15, -0.1) is 0 Å². The molecular formula is C26H37N3O3. The van der Waals surface area contributed by atoms with E-state index < -0.39 is 0 Å². The molecule has 6 nitrogen and oxygen atoms in total. The van der Waals surface area contributed by atoms with Crippen molar-refractivity contribution < 1.29 is 14.3 Å². The Bertz CT molecular complexity index is 807. The molecule has 4 atom stereocenters. The zero-order valence-electron chi connectivity index (χ0n) is 19.4. The van der Waals surface area contributed by atoms with Crippen LogP contribution >= 0.6 is 0 Å². The minimum Gasteiger partial charge on any atom is -0.495 e. The largest absolute Gasteiger partial charge is 0.495 e. The molecule has 4 fully saturated rings. The highest BCUT2D eigenvalue weighted by Gasteiger charge is 2.60. The molecule has 1 aromatic carbocycles. The number of benzene rings is 1. The van der Waals surface area contributed by atoms with Crippen molar-refractivity contribution in [2.75, 3.05) is 51.3 Å². The van der Waals surface area contributed by atoms with E-state index in [1.165, 1.54) is 18.5 Å². The first-order valence-corrected chi connectivity index (χ1v) is 12.6. The van der Waals surface area contributed by atoms with E-state index in [-0.39, 0.29) is 23.7 Å². The van der Waals surface area contributed by atoms with Crippen molar-refractivity contribution in [3.63, 3.8) is 0 Å². The van der Waals surface area contributed by atoms with E-state index >= 15 is 0 Å². The van der Waals surface area contributed by atoms with Gasteiger partial charge in [0, 0.05) is 32.7 Å². The maximum atomic E-state index is 12.8. The highest BCUT2D eigenvalue weighted by molar-refractivity contribution is 6.06. The number of carbonyl (C=O) groups excluding carboxylic acids is 2. The molecule has 1 aromatic rings. The fraction of sp³-hybridized carbons (Fsp3) is 0.692. The van der Waals surface area contributed by atoms with E-state index in [1.807, 2.05) is 12.1 Å². The Hall–Kier alpha value is -2.08. The highest BCUT2D eigenvalue weighted by atomic mass is 16.5. The van der Waals surface area contributed by atoms with E-state index in [0.717, 1.165) is 70.6 Å². The Kier molecular flexibility index (Phi) is 6.40. The fourth-order valence-electron chi connectivity index (χ4n) is 6.75. The van der Waals surface area contributed by atoms with Crippen LogP contribution in [-0.2, 0) is 9.59 Å². The monoisotopic (exact) mass is 439 g/mol. The lowest BCUT2D eigenvalue weighted by atomic mass is 9.81. The molecule has 2 heterocycles. The Labute approximate surface area is 191 Å². The van der Waals surface area contributed by atoms with E-state index in [0.29, 0.717) is 18.4 Å². The van der Waals surface area contributed by atoms with Gasteiger partial charge in [-0.3, -0.25) is 19.4 Å². The zero-order chi connectivity index (χ0) is 22.1. The van der Waals surface area contributed by atoms with Crippen LogP contribution in [0.3, 0.4) is 0 Å². The predicted molar refractivity (Wildman–Crippen MR) is 125 cm³/mol. The quantitative estimate of drug-likeness (QED) is 0.436. The number of imide groups is 1. The van der Waals surface area contributed by atoms with Crippen LogP contribution in [0.15, 0.2) is 24.3 Å². The van der Waals surface area contributed by atoms with Crippen LogP contribution in [0.2, 0.25) is 0 Å². The summed E-state index contributed by atoms with van der Waals surface area (Å²) >= 11 is 0. The molecule has 0 radical (unpaired) electrons. The molecule has 4 aliphatic rings. The van der Waals surface area contributed by atoms with Crippen molar-refractivity contribution in [3.05, 3.63) is 24.3 Å². The summed E-state index contributed by atoms with van der Waals surface area (Å²) in [6.45, 7) is 6.00. The van der Waals surface area contributed by atoms with Crippen LogP contribution in [0.1, 0.15) is 44.9 Å². The molecule has 0 N–H and O–H groups in total. The van der Waals surface area contributed by atoms with Gasteiger partial charge in [-0.1, -0.05) is 25.0 Å². The summed E-state index contributed by atoms with van der Waals surface area (Å²) in [7, 11) is 1.74. The Morgan fingerprint density at radius 1 is 0.844 bits per heavy atom. The minimum absolute atomic E-state index is 0.0378. The molecule has 174 valence electrons. The normalized spacial score (nSPS) is 29.8. The number of hydrogen-bond donors (Lipinski definition) is 0. The van der Waals surface area contributed by atoms with Crippen molar-refractivity contribution in [2.45, 2.75) is 44.9 Å². The van der Waals surface area contributed by atoms with Crippen molar-refractivity contribution in [2.24, 2.45) is 23.7 Å². The first-order chi connectivity index (χ1) is 15.7. The molecule has 0 unspecified atom stereocenters. The standard InChI is InChI=1S/C26H37N3O3/c1-32-22-9-5-4-8-21(22)28-16-14-27(15-17-28)12-6-2-3-7-13-29-25(30)23-19-10-11-20(18-19)24(23)26(29)31/h4-5,8-9,19-20,23-24H,2-3,6-7,10-18H2,1H3/t19-,20+,23+,24-. The molecule has 2 saturated heterocycles. The van der Waals surface area contributed by atoms with Gasteiger partial charge in [0.05, 0.1) is 24.6 Å². The molecule has 2 aliphatic carbocycles. The molecule has 32 heavy (non-hydrogen) atoms. The highest BCUT2D eigenvalue weighted by Crippen LogP contribution is 2.56. The number of fused-ring (bicyclic) bond motifs is 5. The number of methoxy groups -OCH3 is 1. The maximum Gasteiger partial charge on any atom is 0.233 e. The first kappa shape index (κ1) is 21.7. The molecule has 2 bridgehead atoms. The molecule has 0 spiro atoms. The molecule has 0 aromatic heterocycles. The van der Waals surface area contributed by atoms with E-state index in [1.54, 1.807) is 12.0 Å². The summed E-state index contributed by atoms with van der Waals surface area (Å²) < 4.78 is 5.51. The summed E-state index contributed by atoms with van der Waals surface area (Å²) in [5.41, 5.74) is 1.19.